The Morgan fingerprint density at radius 2 is 2.18 bits per heavy atom. The number of carboxylic acid groups (broad SMARTS) is 1. The Balaban J connectivity index is 3.56. The van der Waals surface area contributed by atoms with Gasteiger partial charge in [0.2, 0.25) is 0 Å². The molecule has 0 aliphatic rings. The number of rotatable bonds is 4. The number of hydrogen-bond acceptors (Lipinski definition) is 3. The molecule has 0 amide bonds. The Labute approximate surface area is 64.5 Å². The molecule has 11 heavy (non-hydrogen) atoms. The molecular weight excluding hydrogens is 148 g/mol. The van der Waals surface area contributed by atoms with Crippen LogP contribution in [0, 0.1) is 0 Å². The van der Waals surface area contributed by atoms with E-state index in [1.807, 2.05) is 0 Å². The molecule has 0 fully saturated rings. The van der Waals surface area contributed by atoms with Crippen LogP contribution in [0.1, 0.15) is 13.3 Å². The third-order valence-electron chi connectivity index (χ3n) is 0.833. The molecule has 0 aliphatic heterocycles. The Bertz CT molecular complexity index is 171. The number of ether oxygens (including phenoxy) is 1. The zero-order chi connectivity index (χ0) is 8.69. The third kappa shape index (κ3) is 6.57. The van der Waals surface area contributed by atoms with Gasteiger partial charge in [0.15, 0.2) is 0 Å². The summed E-state index contributed by atoms with van der Waals surface area (Å²) in [6.45, 7) is 1.99. The lowest BCUT2D eigenvalue weighted by molar-refractivity contribution is -0.137. The Hall–Kier alpha value is -1.32. The van der Waals surface area contributed by atoms with Crippen LogP contribution >= 0.6 is 0 Å². The van der Waals surface area contributed by atoms with E-state index in [2.05, 4.69) is 4.74 Å². The molecule has 1 N–H and O–H groups in total. The molecule has 0 spiro atoms. The minimum Gasteiger partial charge on any atom is -0.481 e. The molecule has 0 aromatic rings. The molecule has 0 aromatic carbocycles. The van der Waals surface area contributed by atoms with E-state index in [9.17, 15) is 9.59 Å². The van der Waals surface area contributed by atoms with Crippen LogP contribution in [0.5, 0.6) is 0 Å². The van der Waals surface area contributed by atoms with Crippen molar-refractivity contribution in [3.63, 3.8) is 0 Å². The minimum atomic E-state index is -0.967. The maximum atomic E-state index is 10.5. The van der Waals surface area contributed by atoms with Gasteiger partial charge in [0.1, 0.15) is 0 Å². The minimum absolute atomic E-state index is 0.154. The second-order valence-corrected chi connectivity index (χ2v) is 1.75. The zero-order valence-electron chi connectivity index (χ0n) is 6.24. The van der Waals surface area contributed by atoms with Crippen molar-refractivity contribution in [1.82, 2.24) is 0 Å². The van der Waals surface area contributed by atoms with Gasteiger partial charge in [-0.25, -0.2) is 4.79 Å². The lowest BCUT2D eigenvalue weighted by Crippen LogP contribution is -1.99. The van der Waals surface area contributed by atoms with E-state index in [1.165, 1.54) is 6.08 Å². The summed E-state index contributed by atoms with van der Waals surface area (Å²) in [5.41, 5.74) is 0. The largest absolute Gasteiger partial charge is 0.481 e. The number of carboxylic acids is 1. The predicted molar refractivity (Wildman–Crippen MR) is 38.0 cm³/mol. The summed E-state index contributed by atoms with van der Waals surface area (Å²) in [6.07, 6.45) is 2.21. The fourth-order valence-electron chi connectivity index (χ4n) is 0.446. The summed E-state index contributed by atoms with van der Waals surface area (Å²) in [4.78, 5) is 20.5. The highest BCUT2D eigenvalue weighted by Crippen LogP contribution is 1.85. The summed E-state index contributed by atoms with van der Waals surface area (Å²) in [5.74, 6) is -1.47. The molecule has 62 valence electrons. The van der Waals surface area contributed by atoms with Crippen LogP contribution in [0.2, 0.25) is 0 Å². The van der Waals surface area contributed by atoms with Crippen LogP contribution in [0.15, 0.2) is 12.2 Å². The van der Waals surface area contributed by atoms with E-state index < -0.39 is 11.9 Å². The summed E-state index contributed by atoms with van der Waals surface area (Å²) in [7, 11) is 0. The van der Waals surface area contributed by atoms with Crippen molar-refractivity contribution in [2.75, 3.05) is 6.61 Å². The van der Waals surface area contributed by atoms with Gasteiger partial charge in [0.25, 0.3) is 0 Å². The van der Waals surface area contributed by atoms with Gasteiger partial charge in [-0.15, -0.1) is 0 Å². The molecule has 0 bridgehead atoms. The smallest absolute Gasteiger partial charge is 0.330 e. The standard InChI is InChI=1S/C7H10O4/c1-2-11-7(10)5-3-4-6(8)9/h3,5H,2,4H2,1H3,(H,8,9). The topological polar surface area (TPSA) is 63.6 Å². The van der Waals surface area contributed by atoms with Gasteiger partial charge < -0.3 is 9.84 Å². The number of hydrogen-bond donors (Lipinski definition) is 1. The molecule has 0 rings (SSSR count). The van der Waals surface area contributed by atoms with Gasteiger partial charge in [0.05, 0.1) is 13.0 Å². The molecule has 4 heteroatoms. The van der Waals surface area contributed by atoms with E-state index in [4.69, 9.17) is 5.11 Å². The van der Waals surface area contributed by atoms with Gasteiger partial charge in [-0.2, -0.15) is 0 Å². The number of carbonyl (C=O) groups is 2. The highest BCUT2D eigenvalue weighted by Gasteiger charge is 1.94. The Morgan fingerprint density at radius 3 is 2.64 bits per heavy atom. The monoisotopic (exact) mass is 158 g/mol. The Morgan fingerprint density at radius 1 is 1.55 bits per heavy atom. The molecule has 0 atom stereocenters. The van der Waals surface area contributed by atoms with E-state index in [0.717, 1.165) is 6.08 Å². The van der Waals surface area contributed by atoms with Crippen LogP contribution < -0.4 is 0 Å². The van der Waals surface area contributed by atoms with Crippen molar-refractivity contribution in [3.05, 3.63) is 12.2 Å². The predicted octanol–water partition coefficient (Wildman–Crippen LogP) is 0.580. The molecular formula is C7H10O4. The fraction of sp³-hybridized carbons (Fsp3) is 0.429. The molecule has 0 aliphatic carbocycles. The van der Waals surface area contributed by atoms with Crippen molar-refractivity contribution >= 4 is 11.9 Å². The molecule has 4 nitrogen and oxygen atoms in total. The molecule has 0 heterocycles. The van der Waals surface area contributed by atoms with Gasteiger partial charge in [-0.05, 0) is 6.92 Å². The summed E-state index contributed by atoms with van der Waals surface area (Å²) >= 11 is 0. The second kappa shape index (κ2) is 5.46. The first-order chi connectivity index (χ1) is 5.16. The zero-order valence-corrected chi connectivity index (χ0v) is 6.24. The maximum absolute atomic E-state index is 10.5. The van der Waals surface area contributed by atoms with Crippen LogP contribution in [-0.2, 0) is 14.3 Å². The molecule has 0 saturated heterocycles. The lowest BCUT2D eigenvalue weighted by Gasteiger charge is -1.92. The van der Waals surface area contributed by atoms with Crippen molar-refractivity contribution < 1.29 is 19.4 Å². The van der Waals surface area contributed by atoms with Crippen molar-refractivity contribution in [3.8, 4) is 0 Å². The SMILES string of the molecule is CCOC(=O)C=CCC(=O)O. The average molecular weight is 158 g/mol. The number of aliphatic carboxylic acids is 1. The lowest BCUT2D eigenvalue weighted by atomic mass is 10.4. The van der Waals surface area contributed by atoms with Gasteiger partial charge in [-0.1, -0.05) is 6.08 Å². The molecule has 0 radical (unpaired) electrons. The Kier molecular flexibility index (Phi) is 4.81. The molecule has 0 unspecified atom stereocenters. The van der Waals surface area contributed by atoms with Crippen LogP contribution in [-0.4, -0.2) is 23.7 Å². The second-order valence-electron chi connectivity index (χ2n) is 1.75. The first-order valence-electron chi connectivity index (χ1n) is 3.22. The third-order valence-corrected chi connectivity index (χ3v) is 0.833. The van der Waals surface area contributed by atoms with Crippen LogP contribution in [0.3, 0.4) is 0 Å². The van der Waals surface area contributed by atoms with Gasteiger partial charge >= 0.3 is 11.9 Å². The fourth-order valence-corrected chi connectivity index (χ4v) is 0.446. The summed E-state index contributed by atoms with van der Waals surface area (Å²) in [6, 6.07) is 0. The van der Waals surface area contributed by atoms with Crippen molar-refractivity contribution in [2.45, 2.75) is 13.3 Å². The van der Waals surface area contributed by atoms with E-state index in [1.54, 1.807) is 6.92 Å². The first kappa shape index (κ1) is 9.68. The van der Waals surface area contributed by atoms with Gasteiger partial charge in [0, 0.05) is 6.08 Å². The quantitative estimate of drug-likeness (QED) is 0.480. The highest BCUT2D eigenvalue weighted by atomic mass is 16.5. The highest BCUT2D eigenvalue weighted by molar-refractivity contribution is 5.82. The van der Waals surface area contributed by atoms with E-state index in [0.29, 0.717) is 6.61 Å². The summed E-state index contributed by atoms with van der Waals surface area (Å²) in [5, 5.41) is 8.15. The van der Waals surface area contributed by atoms with E-state index in [-0.39, 0.29) is 6.42 Å². The summed E-state index contributed by atoms with van der Waals surface area (Å²) < 4.78 is 4.51. The van der Waals surface area contributed by atoms with Crippen LogP contribution in [0.25, 0.3) is 0 Å². The van der Waals surface area contributed by atoms with E-state index >= 15 is 0 Å². The number of esters is 1. The molecule has 0 aromatic heterocycles. The maximum Gasteiger partial charge on any atom is 0.330 e. The first-order valence-corrected chi connectivity index (χ1v) is 3.22. The van der Waals surface area contributed by atoms with Crippen molar-refractivity contribution in [2.24, 2.45) is 0 Å². The molecule has 0 saturated carbocycles. The van der Waals surface area contributed by atoms with Crippen LogP contribution in [0.4, 0.5) is 0 Å². The average Bonchev–Trinajstić information content (AvgIpc) is 1.87. The normalized spacial score (nSPS) is 9.91. The van der Waals surface area contributed by atoms with Crippen molar-refractivity contribution in [1.29, 1.82) is 0 Å². The number of carbonyl (C=O) groups excluding carboxylic acids is 1. The van der Waals surface area contributed by atoms with Gasteiger partial charge in [-0.3, -0.25) is 4.79 Å².